The Morgan fingerprint density at radius 2 is 1.54 bits per heavy atom. The van der Waals surface area contributed by atoms with Gasteiger partial charge in [0.1, 0.15) is 21.3 Å². The predicted octanol–water partition coefficient (Wildman–Crippen LogP) is 3.98. The standard InChI is InChI=1S/C19H13NO3S/c1-2-23-14-10-6-5-9-13(14)19-20-15-16(21)11-7-3-4-8-12(11)17(22)18(15)24-19/h3-10H,2H2,1H3. The Kier molecular flexibility index (Phi) is 3.50. The van der Waals surface area contributed by atoms with Crippen LogP contribution in [0.15, 0.2) is 48.5 Å². The number of para-hydroxylation sites is 1. The monoisotopic (exact) mass is 335 g/mol. The molecule has 0 saturated heterocycles. The second kappa shape index (κ2) is 5.69. The minimum absolute atomic E-state index is 0.141. The molecular formula is C19H13NO3S. The summed E-state index contributed by atoms with van der Waals surface area (Å²) in [5.41, 5.74) is 1.90. The Morgan fingerprint density at radius 1 is 0.917 bits per heavy atom. The van der Waals surface area contributed by atoms with Crippen LogP contribution < -0.4 is 4.74 Å². The summed E-state index contributed by atoms with van der Waals surface area (Å²) in [6.45, 7) is 2.44. The summed E-state index contributed by atoms with van der Waals surface area (Å²) in [5, 5.41) is 0.624. The van der Waals surface area contributed by atoms with Crippen LogP contribution in [0.25, 0.3) is 10.6 Å². The summed E-state index contributed by atoms with van der Waals surface area (Å²) in [7, 11) is 0. The number of nitrogens with zero attached hydrogens (tertiary/aromatic N) is 1. The minimum Gasteiger partial charge on any atom is -0.493 e. The van der Waals surface area contributed by atoms with Gasteiger partial charge in [-0.25, -0.2) is 4.98 Å². The number of aromatic nitrogens is 1. The smallest absolute Gasteiger partial charge is 0.213 e. The van der Waals surface area contributed by atoms with E-state index in [4.69, 9.17) is 4.74 Å². The number of fused-ring (bicyclic) bond motifs is 2. The maximum absolute atomic E-state index is 12.7. The molecule has 0 spiro atoms. The number of hydrogen-bond acceptors (Lipinski definition) is 5. The van der Waals surface area contributed by atoms with Gasteiger partial charge in [-0.3, -0.25) is 9.59 Å². The van der Waals surface area contributed by atoms with E-state index in [2.05, 4.69) is 4.98 Å². The summed E-state index contributed by atoms with van der Waals surface area (Å²) in [6, 6.07) is 14.4. The third kappa shape index (κ3) is 2.17. The van der Waals surface area contributed by atoms with Crippen molar-refractivity contribution in [2.24, 2.45) is 0 Å². The molecule has 0 amide bonds. The molecule has 1 aliphatic carbocycles. The number of hydrogen-bond donors (Lipinski definition) is 0. The molecule has 0 N–H and O–H groups in total. The fraction of sp³-hybridized carbons (Fsp3) is 0.105. The van der Waals surface area contributed by atoms with Crippen LogP contribution in [0.1, 0.15) is 38.2 Å². The highest BCUT2D eigenvalue weighted by atomic mass is 32.1. The zero-order chi connectivity index (χ0) is 16.7. The largest absolute Gasteiger partial charge is 0.493 e. The van der Waals surface area contributed by atoms with Gasteiger partial charge < -0.3 is 4.74 Å². The van der Waals surface area contributed by atoms with Crippen molar-refractivity contribution < 1.29 is 14.3 Å². The van der Waals surface area contributed by atoms with E-state index in [9.17, 15) is 9.59 Å². The Balaban J connectivity index is 1.87. The lowest BCUT2D eigenvalue weighted by atomic mass is 9.91. The lowest BCUT2D eigenvalue weighted by Crippen LogP contribution is -2.19. The first-order chi connectivity index (χ1) is 11.7. The first kappa shape index (κ1) is 14.8. The van der Waals surface area contributed by atoms with Crippen molar-refractivity contribution in [2.45, 2.75) is 6.92 Å². The quantitative estimate of drug-likeness (QED) is 0.568. The fourth-order valence-electron chi connectivity index (χ4n) is 2.80. The fourth-order valence-corrected chi connectivity index (χ4v) is 3.84. The number of ether oxygens (including phenoxy) is 1. The van der Waals surface area contributed by atoms with E-state index in [1.807, 2.05) is 31.2 Å². The third-order valence-electron chi connectivity index (χ3n) is 3.88. The van der Waals surface area contributed by atoms with Gasteiger partial charge in [0.25, 0.3) is 0 Å². The van der Waals surface area contributed by atoms with Crippen LogP contribution in [0.5, 0.6) is 5.75 Å². The predicted molar refractivity (Wildman–Crippen MR) is 92.0 cm³/mol. The normalized spacial score (nSPS) is 12.7. The van der Waals surface area contributed by atoms with Gasteiger partial charge in [-0.15, -0.1) is 11.3 Å². The average molecular weight is 335 g/mol. The van der Waals surface area contributed by atoms with Gasteiger partial charge in [-0.05, 0) is 19.1 Å². The van der Waals surface area contributed by atoms with Crippen molar-refractivity contribution in [3.63, 3.8) is 0 Å². The first-order valence-corrected chi connectivity index (χ1v) is 8.43. The van der Waals surface area contributed by atoms with Crippen LogP contribution in [-0.2, 0) is 0 Å². The number of ketones is 2. The van der Waals surface area contributed by atoms with Gasteiger partial charge in [0, 0.05) is 11.1 Å². The first-order valence-electron chi connectivity index (χ1n) is 7.62. The molecule has 0 aliphatic heterocycles. The zero-order valence-electron chi connectivity index (χ0n) is 12.9. The molecule has 0 bridgehead atoms. The molecule has 2 aromatic carbocycles. The Hall–Kier alpha value is -2.79. The Bertz CT molecular complexity index is 922. The van der Waals surface area contributed by atoms with Crippen molar-refractivity contribution in [3.8, 4) is 16.3 Å². The molecule has 0 atom stereocenters. The summed E-state index contributed by atoms with van der Waals surface area (Å²) in [6.07, 6.45) is 0. The molecule has 0 unspecified atom stereocenters. The molecule has 1 heterocycles. The van der Waals surface area contributed by atoms with Crippen LogP contribution in [0.2, 0.25) is 0 Å². The molecule has 24 heavy (non-hydrogen) atoms. The lowest BCUT2D eigenvalue weighted by molar-refractivity contribution is 0.0979. The maximum Gasteiger partial charge on any atom is 0.213 e. The molecule has 0 saturated carbocycles. The van der Waals surface area contributed by atoms with E-state index < -0.39 is 0 Å². The number of thiazole rings is 1. The van der Waals surface area contributed by atoms with Crippen molar-refractivity contribution in [1.82, 2.24) is 4.98 Å². The van der Waals surface area contributed by atoms with Crippen LogP contribution in [0, 0.1) is 0 Å². The number of rotatable bonds is 3. The van der Waals surface area contributed by atoms with Gasteiger partial charge >= 0.3 is 0 Å². The molecule has 0 fully saturated rings. The maximum atomic E-state index is 12.7. The highest BCUT2D eigenvalue weighted by Crippen LogP contribution is 2.38. The highest BCUT2D eigenvalue weighted by molar-refractivity contribution is 7.17. The lowest BCUT2D eigenvalue weighted by Gasteiger charge is -2.11. The molecule has 5 heteroatoms. The van der Waals surface area contributed by atoms with Crippen LogP contribution in [-0.4, -0.2) is 23.2 Å². The number of carbonyl (C=O) groups is 2. The number of benzene rings is 2. The van der Waals surface area contributed by atoms with Gasteiger partial charge in [0.15, 0.2) is 0 Å². The molecule has 4 rings (SSSR count). The van der Waals surface area contributed by atoms with Gasteiger partial charge in [-0.1, -0.05) is 36.4 Å². The van der Waals surface area contributed by atoms with Crippen LogP contribution >= 0.6 is 11.3 Å². The molecule has 0 radical (unpaired) electrons. The van der Waals surface area contributed by atoms with Crippen LogP contribution in [0.4, 0.5) is 0 Å². The number of carbonyl (C=O) groups excluding carboxylic acids is 2. The van der Waals surface area contributed by atoms with Crippen molar-refractivity contribution in [3.05, 3.63) is 70.2 Å². The van der Waals surface area contributed by atoms with Crippen molar-refractivity contribution in [1.29, 1.82) is 0 Å². The Morgan fingerprint density at radius 3 is 2.25 bits per heavy atom. The summed E-state index contributed by atoms with van der Waals surface area (Å²) in [5.74, 6) is 0.359. The molecular weight excluding hydrogens is 322 g/mol. The van der Waals surface area contributed by atoms with E-state index in [1.165, 1.54) is 11.3 Å². The average Bonchev–Trinajstić information content (AvgIpc) is 3.06. The second-order valence-corrected chi connectivity index (χ2v) is 6.33. The van der Waals surface area contributed by atoms with Gasteiger partial charge in [0.05, 0.1) is 12.2 Å². The molecule has 4 nitrogen and oxygen atoms in total. The minimum atomic E-state index is -0.198. The van der Waals surface area contributed by atoms with Crippen molar-refractivity contribution >= 4 is 22.9 Å². The van der Waals surface area contributed by atoms with E-state index in [0.29, 0.717) is 33.4 Å². The molecule has 1 aromatic heterocycles. The topological polar surface area (TPSA) is 56.3 Å². The molecule has 1 aliphatic rings. The summed E-state index contributed by atoms with van der Waals surface area (Å²) in [4.78, 5) is 30.2. The molecule has 118 valence electrons. The van der Waals surface area contributed by atoms with E-state index in [-0.39, 0.29) is 17.3 Å². The second-order valence-electron chi connectivity index (χ2n) is 5.33. The Labute approximate surface area is 142 Å². The van der Waals surface area contributed by atoms with Gasteiger partial charge in [0.2, 0.25) is 11.6 Å². The highest BCUT2D eigenvalue weighted by Gasteiger charge is 2.33. The van der Waals surface area contributed by atoms with Crippen LogP contribution in [0.3, 0.4) is 0 Å². The van der Waals surface area contributed by atoms with Gasteiger partial charge in [-0.2, -0.15) is 0 Å². The zero-order valence-corrected chi connectivity index (χ0v) is 13.7. The summed E-state index contributed by atoms with van der Waals surface area (Å²) < 4.78 is 5.64. The van der Waals surface area contributed by atoms with Crippen molar-refractivity contribution in [2.75, 3.05) is 6.61 Å². The third-order valence-corrected chi connectivity index (χ3v) is 4.97. The SMILES string of the molecule is CCOc1ccccc1-c1nc2c(s1)C(=O)c1ccccc1C2=O. The van der Waals surface area contributed by atoms with E-state index in [1.54, 1.807) is 24.3 Å². The van der Waals surface area contributed by atoms with E-state index in [0.717, 1.165) is 5.56 Å². The van der Waals surface area contributed by atoms with E-state index >= 15 is 0 Å². The molecule has 3 aromatic rings. The summed E-state index contributed by atoms with van der Waals surface area (Å²) >= 11 is 1.24.